The predicted molar refractivity (Wildman–Crippen MR) is 135 cm³/mol. The Bertz CT molecular complexity index is 1610. The number of hydrogen-bond acceptors (Lipinski definition) is 5. The predicted octanol–water partition coefficient (Wildman–Crippen LogP) is 4.58. The highest BCUT2D eigenvalue weighted by atomic mass is 19.3. The van der Waals surface area contributed by atoms with Gasteiger partial charge in [-0.2, -0.15) is 0 Å². The minimum Gasteiger partial charge on any atom is -0.331 e. The van der Waals surface area contributed by atoms with Crippen LogP contribution in [-0.4, -0.2) is 43.3 Å². The van der Waals surface area contributed by atoms with E-state index in [1.165, 1.54) is 0 Å². The molecule has 2 aromatic carbocycles. The van der Waals surface area contributed by atoms with Crippen molar-refractivity contribution in [1.82, 2.24) is 24.4 Å². The van der Waals surface area contributed by atoms with Gasteiger partial charge in [0.05, 0.1) is 33.9 Å². The Kier molecular flexibility index (Phi) is 4.98. The molecule has 7 nitrogen and oxygen atoms in total. The summed E-state index contributed by atoms with van der Waals surface area (Å²) in [6.07, 6.45) is 8.81. The molecule has 2 aromatic heterocycles. The summed E-state index contributed by atoms with van der Waals surface area (Å²) in [5.41, 5.74) is 9.69. The van der Waals surface area contributed by atoms with E-state index >= 15 is 0 Å². The van der Waals surface area contributed by atoms with Crippen molar-refractivity contribution in [1.29, 1.82) is 0 Å². The lowest BCUT2D eigenvalue weighted by Crippen LogP contribution is -2.56. The van der Waals surface area contributed by atoms with Crippen LogP contribution in [0.15, 0.2) is 48.8 Å². The quantitative estimate of drug-likeness (QED) is 0.418. The smallest absolute Gasteiger partial charge is 0.256 e. The zero-order chi connectivity index (χ0) is 26.1. The topological polar surface area (TPSA) is 89.9 Å². The maximum absolute atomic E-state index is 13.4. The van der Waals surface area contributed by atoms with E-state index in [2.05, 4.69) is 15.9 Å². The minimum atomic E-state index is -2.78. The molecule has 0 bridgehead atoms. The molecule has 37 heavy (non-hydrogen) atoms. The molecule has 9 heteroatoms. The van der Waals surface area contributed by atoms with Gasteiger partial charge in [0.15, 0.2) is 0 Å². The van der Waals surface area contributed by atoms with Gasteiger partial charge in [-0.15, -0.1) is 6.42 Å². The van der Waals surface area contributed by atoms with Crippen LogP contribution >= 0.6 is 0 Å². The van der Waals surface area contributed by atoms with E-state index in [9.17, 15) is 13.6 Å². The number of alkyl halides is 2. The van der Waals surface area contributed by atoms with Crippen molar-refractivity contribution in [2.45, 2.75) is 43.7 Å². The Morgan fingerprint density at radius 1 is 1.16 bits per heavy atom. The first-order chi connectivity index (χ1) is 17.7. The molecule has 1 unspecified atom stereocenters. The van der Waals surface area contributed by atoms with Crippen LogP contribution in [0.25, 0.3) is 27.8 Å². The van der Waals surface area contributed by atoms with Crippen LogP contribution in [0.2, 0.25) is 0 Å². The molecule has 186 valence electrons. The average Bonchev–Trinajstić information content (AvgIpc) is 3.21. The molecule has 1 atom stereocenters. The normalized spacial score (nSPS) is 19.5. The van der Waals surface area contributed by atoms with E-state index in [0.29, 0.717) is 28.8 Å². The number of nitrogens with zero attached hydrogens (tertiary/aromatic N) is 5. The summed E-state index contributed by atoms with van der Waals surface area (Å²) in [5, 5.41) is 0. The summed E-state index contributed by atoms with van der Waals surface area (Å²) in [6, 6.07) is 10.9. The monoisotopic (exact) mass is 498 g/mol. The maximum atomic E-state index is 13.4. The molecular formula is C28H24F2N6O. The lowest BCUT2D eigenvalue weighted by molar-refractivity contribution is -0.127. The number of imidazole rings is 1. The van der Waals surface area contributed by atoms with Gasteiger partial charge >= 0.3 is 0 Å². The van der Waals surface area contributed by atoms with Crippen LogP contribution in [0.1, 0.15) is 59.8 Å². The van der Waals surface area contributed by atoms with Crippen LogP contribution in [0, 0.1) is 12.3 Å². The lowest BCUT2D eigenvalue weighted by Gasteiger charge is -2.42. The number of nitrogens with two attached hydrogens (primary N) is 1. The number of benzene rings is 2. The van der Waals surface area contributed by atoms with E-state index in [4.69, 9.17) is 17.1 Å². The second-order valence-electron chi connectivity index (χ2n) is 9.86. The lowest BCUT2D eigenvalue weighted by atomic mass is 9.73. The van der Waals surface area contributed by atoms with Crippen molar-refractivity contribution < 1.29 is 13.6 Å². The standard InChI is InChI=1S/C28H24F2N6O/c1-4-16-7-6-8-19-23(16)36-22-11-17(9-10-20(22)34-24(36)21(5-2)35(3)25(19)37)18-12-32-26(33-13-18)27(31)14-28(29,30)15-27/h1,6-13,21H,5,14-15,31H2,2-3H3. The van der Waals surface area contributed by atoms with Gasteiger partial charge in [-0.3, -0.25) is 9.36 Å². The van der Waals surface area contributed by atoms with Gasteiger partial charge in [0.1, 0.15) is 11.6 Å². The Morgan fingerprint density at radius 3 is 2.54 bits per heavy atom. The third-order valence-electron chi connectivity index (χ3n) is 7.38. The Hall–Kier alpha value is -4.16. The molecular weight excluding hydrogens is 474 g/mol. The molecule has 4 aromatic rings. The first-order valence-corrected chi connectivity index (χ1v) is 12.0. The molecule has 6 rings (SSSR count). The highest BCUT2D eigenvalue weighted by Gasteiger charge is 2.57. The number of halogens is 2. The number of amides is 1. The molecule has 1 saturated carbocycles. The van der Waals surface area contributed by atoms with E-state index < -0.39 is 24.3 Å². The van der Waals surface area contributed by atoms with Gasteiger partial charge in [0.2, 0.25) is 0 Å². The largest absolute Gasteiger partial charge is 0.331 e. The number of hydrogen-bond donors (Lipinski definition) is 1. The van der Waals surface area contributed by atoms with Gasteiger partial charge in [-0.1, -0.05) is 25.0 Å². The Balaban J connectivity index is 1.51. The summed E-state index contributed by atoms with van der Waals surface area (Å²) in [4.78, 5) is 28.7. The summed E-state index contributed by atoms with van der Waals surface area (Å²) in [5.74, 6) is 0.773. The van der Waals surface area contributed by atoms with E-state index in [0.717, 1.165) is 22.4 Å². The number of rotatable bonds is 3. The van der Waals surface area contributed by atoms with Gasteiger partial charge < -0.3 is 10.6 Å². The summed E-state index contributed by atoms with van der Waals surface area (Å²) in [6.45, 7) is 2.02. The SMILES string of the molecule is C#Cc1cccc2c1-n1c(nc3ccc(-c4cnc(C5(N)CC(F)(F)C5)nc4)cc31)C(CC)N(C)C2=O. The number of carbonyl (C=O) groups is 1. The molecule has 0 radical (unpaired) electrons. The number of terminal acetylenes is 1. The van der Waals surface area contributed by atoms with Crippen LogP contribution in [0.5, 0.6) is 0 Å². The molecule has 1 fully saturated rings. The van der Waals surface area contributed by atoms with Crippen molar-refractivity contribution >= 4 is 16.9 Å². The van der Waals surface area contributed by atoms with Crippen LogP contribution < -0.4 is 5.73 Å². The molecule has 1 aliphatic carbocycles. The fraction of sp³-hybridized carbons (Fsp3) is 0.286. The van der Waals surface area contributed by atoms with Gasteiger partial charge in [0, 0.05) is 43.4 Å². The molecule has 2 N–H and O–H groups in total. The van der Waals surface area contributed by atoms with Crippen LogP contribution in [0.3, 0.4) is 0 Å². The van der Waals surface area contributed by atoms with E-state index in [1.807, 2.05) is 35.8 Å². The van der Waals surface area contributed by atoms with Gasteiger partial charge in [-0.05, 0) is 36.2 Å². The second-order valence-corrected chi connectivity index (χ2v) is 9.86. The second kappa shape index (κ2) is 7.92. The Labute approximate surface area is 212 Å². The number of para-hydroxylation sites is 1. The maximum Gasteiger partial charge on any atom is 0.256 e. The molecule has 0 saturated heterocycles. The fourth-order valence-electron chi connectivity index (χ4n) is 5.53. The highest BCUT2D eigenvalue weighted by molar-refractivity contribution is 6.01. The van der Waals surface area contributed by atoms with E-state index in [-0.39, 0.29) is 17.8 Å². The first-order valence-electron chi connectivity index (χ1n) is 12.0. The zero-order valence-corrected chi connectivity index (χ0v) is 20.4. The van der Waals surface area contributed by atoms with Crippen molar-refractivity contribution in [2.75, 3.05) is 7.05 Å². The summed E-state index contributed by atoms with van der Waals surface area (Å²) >= 11 is 0. The summed E-state index contributed by atoms with van der Waals surface area (Å²) < 4.78 is 28.8. The van der Waals surface area contributed by atoms with Crippen LogP contribution in [-0.2, 0) is 5.54 Å². The molecule has 0 spiro atoms. The first kappa shape index (κ1) is 23.3. The number of carbonyl (C=O) groups excluding carboxylic acids is 1. The summed E-state index contributed by atoms with van der Waals surface area (Å²) in [7, 11) is 1.78. The fourth-order valence-corrected chi connectivity index (χ4v) is 5.53. The number of fused-ring (bicyclic) bond motifs is 5. The third kappa shape index (κ3) is 3.44. The molecule has 2 aliphatic rings. The number of aromatic nitrogens is 4. The molecule has 1 aliphatic heterocycles. The third-order valence-corrected chi connectivity index (χ3v) is 7.38. The van der Waals surface area contributed by atoms with Crippen molar-refractivity contribution in [3.63, 3.8) is 0 Å². The van der Waals surface area contributed by atoms with Crippen LogP contribution in [0.4, 0.5) is 8.78 Å². The average molecular weight is 499 g/mol. The molecule has 1 amide bonds. The van der Waals surface area contributed by atoms with Crippen molar-refractivity contribution in [3.8, 4) is 29.2 Å². The zero-order valence-electron chi connectivity index (χ0n) is 20.4. The highest BCUT2D eigenvalue weighted by Crippen LogP contribution is 2.48. The van der Waals surface area contributed by atoms with E-state index in [1.54, 1.807) is 36.5 Å². The van der Waals surface area contributed by atoms with Gasteiger partial charge in [0.25, 0.3) is 11.8 Å². The van der Waals surface area contributed by atoms with Crippen molar-refractivity contribution in [3.05, 3.63) is 71.6 Å². The van der Waals surface area contributed by atoms with Crippen molar-refractivity contribution in [2.24, 2.45) is 5.73 Å². The molecule has 3 heterocycles. The minimum absolute atomic E-state index is 0.116. The Morgan fingerprint density at radius 2 is 1.89 bits per heavy atom. The van der Waals surface area contributed by atoms with Gasteiger partial charge in [-0.25, -0.2) is 23.7 Å².